The van der Waals surface area contributed by atoms with E-state index in [1.165, 1.54) is 18.9 Å². The standard InChI is InChI=1S/C11H13NO3/c1-8-2-5-10(12(13)14)11(6-8)15-7-9-3-4-9/h2,5-6,9H,3-4,7H2,1H3. The van der Waals surface area contributed by atoms with E-state index in [0.717, 1.165) is 5.56 Å². The first-order chi connectivity index (χ1) is 7.16. The molecule has 4 nitrogen and oxygen atoms in total. The highest BCUT2D eigenvalue weighted by atomic mass is 16.6. The number of hydrogen-bond acceptors (Lipinski definition) is 3. The first-order valence-electron chi connectivity index (χ1n) is 5.04. The molecule has 0 spiro atoms. The largest absolute Gasteiger partial charge is 0.487 e. The Morgan fingerprint density at radius 1 is 1.53 bits per heavy atom. The van der Waals surface area contributed by atoms with Gasteiger partial charge in [0.25, 0.3) is 0 Å². The van der Waals surface area contributed by atoms with Crippen LogP contribution in [0.5, 0.6) is 5.75 Å². The van der Waals surface area contributed by atoms with E-state index >= 15 is 0 Å². The Labute approximate surface area is 88.0 Å². The lowest BCUT2D eigenvalue weighted by Crippen LogP contribution is -2.02. The van der Waals surface area contributed by atoms with Gasteiger partial charge in [-0.1, -0.05) is 6.07 Å². The van der Waals surface area contributed by atoms with Crippen LogP contribution in [0.25, 0.3) is 0 Å². The maximum absolute atomic E-state index is 10.7. The second-order valence-electron chi connectivity index (χ2n) is 3.98. The zero-order valence-corrected chi connectivity index (χ0v) is 8.60. The number of hydrogen-bond donors (Lipinski definition) is 0. The Bertz CT molecular complexity index is 385. The Balaban J connectivity index is 2.16. The SMILES string of the molecule is Cc1ccc([N+](=O)[O-])c(OCC2CC2)c1. The number of nitro benzene ring substituents is 1. The quantitative estimate of drug-likeness (QED) is 0.563. The summed E-state index contributed by atoms with van der Waals surface area (Å²) in [6.07, 6.45) is 2.36. The summed E-state index contributed by atoms with van der Waals surface area (Å²) in [4.78, 5) is 10.3. The summed E-state index contributed by atoms with van der Waals surface area (Å²) in [7, 11) is 0. The number of benzene rings is 1. The van der Waals surface area contributed by atoms with Crippen molar-refractivity contribution in [1.29, 1.82) is 0 Å². The molecule has 0 radical (unpaired) electrons. The Morgan fingerprint density at radius 3 is 2.87 bits per heavy atom. The second-order valence-corrected chi connectivity index (χ2v) is 3.98. The molecular formula is C11H13NO3. The fourth-order valence-electron chi connectivity index (χ4n) is 1.38. The Kier molecular flexibility index (Phi) is 2.58. The number of ether oxygens (including phenoxy) is 1. The smallest absolute Gasteiger partial charge is 0.310 e. The Hall–Kier alpha value is -1.58. The summed E-state index contributed by atoms with van der Waals surface area (Å²) >= 11 is 0. The van der Waals surface area contributed by atoms with Crippen LogP contribution in [0.1, 0.15) is 18.4 Å². The van der Waals surface area contributed by atoms with Crippen LogP contribution in [0.15, 0.2) is 18.2 Å². The maximum atomic E-state index is 10.7. The summed E-state index contributed by atoms with van der Waals surface area (Å²) in [6.45, 7) is 2.50. The highest BCUT2D eigenvalue weighted by Crippen LogP contribution is 2.32. The molecule has 4 heteroatoms. The molecule has 0 aromatic heterocycles. The van der Waals surface area contributed by atoms with E-state index in [1.54, 1.807) is 12.1 Å². The van der Waals surface area contributed by atoms with Crippen molar-refractivity contribution in [2.75, 3.05) is 6.61 Å². The molecule has 2 rings (SSSR count). The van der Waals surface area contributed by atoms with Gasteiger partial charge in [-0.15, -0.1) is 0 Å². The van der Waals surface area contributed by atoms with Gasteiger partial charge in [0.2, 0.25) is 0 Å². The van der Waals surface area contributed by atoms with Gasteiger partial charge in [-0.05, 0) is 37.3 Å². The average molecular weight is 207 g/mol. The van der Waals surface area contributed by atoms with Crippen LogP contribution in [0.3, 0.4) is 0 Å². The summed E-state index contributed by atoms with van der Waals surface area (Å²) < 4.78 is 5.46. The third kappa shape index (κ3) is 2.46. The third-order valence-electron chi connectivity index (χ3n) is 2.48. The molecule has 0 amide bonds. The predicted octanol–water partition coefficient (Wildman–Crippen LogP) is 2.69. The minimum absolute atomic E-state index is 0.0567. The maximum Gasteiger partial charge on any atom is 0.310 e. The van der Waals surface area contributed by atoms with Crippen molar-refractivity contribution in [3.63, 3.8) is 0 Å². The van der Waals surface area contributed by atoms with Crippen LogP contribution in [-0.4, -0.2) is 11.5 Å². The third-order valence-corrected chi connectivity index (χ3v) is 2.48. The average Bonchev–Trinajstić information content (AvgIpc) is 2.97. The minimum atomic E-state index is -0.401. The Morgan fingerprint density at radius 2 is 2.27 bits per heavy atom. The molecule has 1 aromatic rings. The summed E-state index contributed by atoms with van der Waals surface area (Å²) in [5, 5.41) is 10.7. The highest BCUT2D eigenvalue weighted by Gasteiger charge is 2.23. The first kappa shape index (κ1) is 9.96. The van der Waals surface area contributed by atoms with Crippen molar-refractivity contribution < 1.29 is 9.66 Å². The predicted molar refractivity (Wildman–Crippen MR) is 56.1 cm³/mol. The molecule has 0 bridgehead atoms. The van der Waals surface area contributed by atoms with Crippen LogP contribution < -0.4 is 4.74 Å². The van der Waals surface area contributed by atoms with Gasteiger partial charge in [-0.2, -0.15) is 0 Å². The molecule has 1 fully saturated rings. The van der Waals surface area contributed by atoms with Gasteiger partial charge in [0.05, 0.1) is 11.5 Å². The molecule has 80 valence electrons. The van der Waals surface area contributed by atoms with Gasteiger partial charge < -0.3 is 4.74 Å². The zero-order valence-electron chi connectivity index (χ0n) is 8.60. The molecule has 1 saturated carbocycles. The summed E-state index contributed by atoms with van der Waals surface area (Å²) in [6, 6.07) is 4.94. The van der Waals surface area contributed by atoms with Gasteiger partial charge in [0.1, 0.15) is 0 Å². The molecule has 0 unspecified atom stereocenters. The number of aryl methyl sites for hydroxylation is 1. The first-order valence-corrected chi connectivity index (χ1v) is 5.04. The van der Waals surface area contributed by atoms with E-state index in [2.05, 4.69) is 0 Å². The van der Waals surface area contributed by atoms with Gasteiger partial charge >= 0.3 is 5.69 Å². The fraction of sp³-hybridized carbons (Fsp3) is 0.455. The lowest BCUT2D eigenvalue weighted by molar-refractivity contribution is -0.385. The number of nitro groups is 1. The molecule has 1 aromatic carbocycles. The van der Waals surface area contributed by atoms with Crippen molar-refractivity contribution in [3.8, 4) is 5.75 Å². The molecule has 0 N–H and O–H groups in total. The van der Waals surface area contributed by atoms with Crippen molar-refractivity contribution in [3.05, 3.63) is 33.9 Å². The number of nitrogens with zero attached hydrogens (tertiary/aromatic N) is 1. The lowest BCUT2D eigenvalue weighted by atomic mass is 10.2. The van der Waals surface area contributed by atoms with Gasteiger partial charge in [-0.25, -0.2) is 0 Å². The molecule has 15 heavy (non-hydrogen) atoms. The van der Waals surface area contributed by atoms with Gasteiger partial charge in [-0.3, -0.25) is 10.1 Å². The van der Waals surface area contributed by atoms with E-state index in [-0.39, 0.29) is 5.69 Å². The molecule has 0 saturated heterocycles. The normalized spacial score (nSPS) is 15.0. The van der Waals surface area contributed by atoms with Crippen molar-refractivity contribution in [1.82, 2.24) is 0 Å². The van der Waals surface area contributed by atoms with Crippen LogP contribution in [0.2, 0.25) is 0 Å². The highest BCUT2D eigenvalue weighted by molar-refractivity contribution is 5.48. The zero-order chi connectivity index (χ0) is 10.8. The van der Waals surface area contributed by atoms with E-state index in [9.17, 15) is 10.1 Å². The van der Waals surface area contributed by atoms with Crippen LogP contribution in [0.4, 0.5) is 5.69 Å². The molecular weight excluding hydrogens is 194 g/mol. The van der Waals surface area contributed by atoms with E-state index in [0.29, 0.717) is 18.3 Å². The monoisotopic (exact) mass is 207 g/mol. The summed E-state index contributed by atoms with van der Waals surface area (Å²) in [5.41, 5.74) is 1.03. The van der Waals surface area contributed by atoms with Crippen molar-refractivity contribution >= 4 is 5.69 Å². The van der Waals surface area contributed by atoms with Crippen LogP contribution in [-0.2, 0) is 0 Å². The van der Waals surface area contributed by atoms with E-state index in [1.807, 2.05) is 6.92 Å². The van der Waals surface area contributed by atoms with Crippen molar-refractivity contribution in [2.24, 2.45) is 5.92 Å². The minimum Gasteiger partial charge on any atom is -0.487 e. The van der Waals surface area contributed by atoms with Crippen LogP contribution in [0, 0.1) is 23.0 Å². The summed E-state index contributed by atoms with van der Waals surface area (Å²) in [5.74, 6) is 0.997. The van der Waals surface area contributed by atoms with Crippen LogP contribution >= 0.6 is 0 Å². The van der Waals surface area contributed by atoms with Gasteiger partial charge in [0, 0.05) is 6.07 Å². The fourth-order valence-corrected chi connectivity index (χ4v) is 1.38. The lowest BCUT2D eigenvalue weighted by Gasteiger charge is -2.06. The topological polar surface area (TPSA) is 52.4 Å². The van der Waals surface area contributed by atoms with E-state index < -0.39 is 4.92 Å². The molecule has 0 aliphatic heterocycles. The van der Waals surface area contributed by atoms with E-state index in [4.69, 9.17) is 4.74 Å². The molecule has 0 heterocycles. The molecule has 1 aliphatic carbocycles. The molecule has 1 aliphatic rings. The van der Waals surface area contributed by atoms with Crippen molar-refractivity contribution in [2.45, 2.75) is 19.8 Å². The molecule has 0 atom stereocenters. The second kappa shape index (κ2) is 3.88. The van der Waals surface area contributed by atoms with Gasteiger partial charge in [0.15, 0.2) is 5.75 Å². The number of rotatable bonds is 4.